The minimum Gasteiger partial charge on any atom is -0.495 e. The van der Waals surface area contributed by atoms with Gasteiger partial charge in [0.25, 0.3) is 0 Å². The molecule has 2 aromatic heterocycles. The molecule has 0 atom stereocenters. The van der Waals surface area contributed by atoms with Crippen molar-refractivity contribution < 1.29 is 9.53 Å². The number of nitrogens with zero attached hydrogens (tertiary/aromatic N) is 4. The first-order valence-corrected chi connectivity index (χ1v) is 11.2. The molecule has 32 heavy (non-hydrogen) atoms. The number of methoxy groups -OCH3 is 1. The second-order valence-electron chi connectivity index (χ2n) is 7.31. The van der Waals surface area contributed by atoms with Gasteiger partial charge in [-0.05, 0) is 26.0 Å². The Bertz CT molecular complexity index is 1250. The summed E-state index contributed by atoms with van der Waals surface area (Å²) in [5.41, 5.74) is 5.30. The second-order valence-corrected chi connectivity index (χ2v) is 8.25. The maximum Gasteiger partial charge on any atom is 0.234 e. The fourth-order valence-corrected chi connectivity index (χ4v) is 4.34. The molecule has 0 saturated heterocycles. The van der Waals surface area contributed by atoms with Crippen molar-refractivity contribution in [3.8, 4) is 22.7 Å². The van der Waals surface area contributed by atoms with Crippen LogP contribution in [-0.4, -0.2) is 38.1 Å². The third kappa shape index (κ3) is 4.27. The van der Waals surface area contributed by atoms with Crippen molar-refractivity contribution in [1.29, 1.82) is 0 Å². The van der Waals surface area contributed by atoms with Gasteiger partial charge in [0.05, 0.1) is 47.5 Å². The number of para-hydroxylation sites is 2. The predicted molar refractivity (Wildman–Crippen MR) is 128 cm³/mol. The van der Waals surface area contributed by atoms with E-state index in [-0.39, 0.29) is 11.7 Å². The van der Waals surface area contributed by atoms with Crippen molar-refractivity contribution in [1.82, 2.24) is 19.3 Å². The van der Waals surface area contributed by atoms with Gasteiger partial charge in [0.1, 0.15) is 5.75 Å². The van der Waals surface area contributed by atoms with Crippen LogP contribution in [0.25, 0.3) is 16.9 Å². The van der Waals surface area contributed by atoms with Gasteiger partial charge in [0.15, 0.2) is 5.16 Å². The first kappa shape index (κ1) is 21.7. The van der Waals surface area contributed by atoms with Gasteiger partial charge in [-0.15, -0.1) is 0 Å². The minimum absolute atomic E-state index is 0.106. The summed E-state index contributed by atoms with van der Waals surface area (Å²) in [6.45, 7) is 3.82. The zero-order valence-corrected chi connectivity index (χ0v) is 19.3. The lowest BCUT2D eigenvalue weighted by atomic mass is 10.1. The molecule has 0 fully saturated rings. The second kappa shape index (κ2) is 9.32. The Morgan fingerprint density at radius 1 is 1.09 bits per heavy atom. The fourth-order valence-electron chi connectivity index (χ4n) is 3.56. The lowest BCUT2D eigenvalue weighted by molar-refractivity contribution is -0.113. The Morgan fingerprint density at radius 3 is 2.50 bits per heavy atom. The normalized spacial score (nSPS) is 10.9. The number of anilines is 1. The molecule has 0 aliphatic heterocycles. The molecular weight excluding hydrogens is 422 g/mol. The number of ether oxygens (including phenoxy) is 1. The van der Waals surface area contributed by atoms with Crippen LogP contribution in [0.2, 0.25) is 0 Å². The molecule has 1 amide bonds. The van der Waals surface area contributed by atoms with Gasteiger partial charge in [-0.25, -0.2) is 4.98 Å². The monoisotopic (exact) mass is 447 g/mol. The molecule has 0 aliphatic carbocycles. The van der Waals surface area contributed by atoms with E-state index in [1.54, 1.807) is 11.8 Å². The molecule has 0 aliphatic rings. The van der Waals surface area contributed by atoms with Crippen molar-refractivity contribution >= 4 is 23.4 Å². The average Bonchev–Trinajstić information content (AvgIpc) is 3.34. The van der Waals surface area contributed by atoms with Crippen molar-refractivity contribution in [3.63, 3.8) is 0 Å². The van der Waals surface area contributed by atoms with Gasteiger partial charge in [0, 0.05) is 12.6 Å². The number of rotatable bonds is 7. The summed E-state index contributed by atoms with van der Waals surface area (Å²) in [7, 11) is 3.51. The van der Waals surface area contributed by atoms with Crippen LogP contribution in [-0.2, 0) is 11.8 Å². The largest absolute Gasteiger partial charge is 0.495 e. The summed E-state index contributed by atoms with van der Waals surface area (Å²) in [4.78, 5) is 17.4. The number of amides is 1. The van der Waals surface area contributed by atoms with E-state index >= 15 is 0 Å². The van der Waals surface area contributed by atoms with E-state index < -0.39 is 0 Å². The van der Waals surface area contributed by atoms with Crippen LogP contribution < -0.4 is 10.1 Å². The fraction of sp³-hybridized carbons (Fsp3) is 0.208. The highest BCUT2D eigenvalue weighted by Gasteiger charge is 2.19. The quantitative estimate of drug-likeness (QED) is 0.418. The lowest BCUT2D eigenvalue weighted by Gasteiger charge is -2.15. The first-order chi connectivity index (χ1) is 15.5. The van der Waals surface area contributed by atoms with Crippen molar-refractivity contribution in [2.45, 2.75) is 19.0 Å². The number of carbonyl (C=O) groups excluding carboxylic acids is 1. The highest BCUT2D eigenvalue weighted by Crippen LogP contribution is 2.34. The standard InChI is InChI=1S/C24H25N5O2S/c1-16-23(17(2)28(3)27-16)26-22(30)15-32-24-25-14-20(18-10-6-5-7-11-18)29(24)19-12-8-9-13-21(19)31-4/h5-14H,15H2,1-4H3,(H,26,30). The van der Waals surface area contributed by atoms with E-state index in [4.69, 9.17) is 4.74 Å². The smallest absolute Gasteiger partial charge is 0.234 e. The number of aryl methyl sites for hydroxylation is 2. The van der Waals surface area contributed by atoms with E-state index in [9.17, 15) is 4.79 Å². The zero-order valence-electron chi connectivity index (χ0n) is 18.5. The zero-order chi connectivity index (χ0) is 22.7. The van der Waals surface area contributed by atoms with E-state index in [1.807, 2.05) is 86.3 Å². The Labute approximate surface area is 191 Å². The molecule has 7 nitrogen and oxygen atoms in total. The van der Waals surface area contributed by atoms with Crippen LogP contribution in [0.1, 0.15) is 11.4 Å². The molecule has 0 saturated carbocycles. The van der Waals surface area contributed by atoms with Gasteiger partial charge in [-0.1, -0.05) is 54.2 Å². The molecule has 0 bridgehead atoms. The van der Waals surface area contributed by atoms with Crippen molar-refractivity contribution in [3.05, 3.63) is 72.2 Å². The maximum atomic E-state index is 12.7. The summed E-state index contributed by atoms with van der Waals surface area (Å²) in [5.74, 6) is 0.842. The van der Waals surface area contributed by atoms with Gasteiger partial charge in [-0.3, -0.25) is 14.0 Å². The van der Waals surface area contributed by atoms with Gasteiger partial charge >= 0.3 is 0 Å². The summed E-state index contributed by atoms with van der Waals surface area (Å²) >= 11 is 1.38. The molecule has 1 N–H and O–H groups in total. The number of imidazole rings is 1. The lowest BCUT2D eigenvalue weighted by Crippen LogP contribution is -2.15. The van der Waals surface area contributed by atoms with E-state index in [0.717, 1.165) is 39.8 Å². The van der Waals surface area contributed by atoms with Crippen LogP contribution in [0, 0.1) is 13.8 Å². The SMILES string of the molecule is COc1ccccc1-n1c(-c2ccccc2)cnc1SCC(=O)Nc1c(C)nn(C)c1C. The predicted octanol–water partition coefficient (Wildman–Crippen LogP) is 4.63. The Balaban J connectivity index is 1.64. The molecule has 2 heterocycles. The number of aromatic nitrogens is 4. The van der Waals surface area contributed by atoms with Gasteiger partial charge in [-0.2, -0.15) is 5.10 Å². The van der Waals surface area contributed by atoms with E-state index in [1.165, 1.54) is 11.8 Å². The number of thioether (sulfide) groups is 1. The highest BCUT2D eigenvalue weighted by molar-refractivity contribution is 7.99. The Morgan fingerprint density at radius 2 is 1.81 bits per heavy atom. The molecule has 8 heteroatoms. The third-order valence-electron chi connectivity index (χ3n) is 5.23. The van der Waals surface area contributed by atoms with Crippen LogP contribution >= 0.6 is 11.8 Å². The molecular formula is C24H25N5O2S. The number of hydrogen-bond acceptors (Lipinski definition) is 5. The molecule has 164 valence electrons. The summed E-state index contributed by atoms with van der Waals surface area (Å²) < 4.78 is 9.40. The van der Waals surface area contributed by atoms with Crippen molar-refractivity contribution in [2.75, 3.05) is 18.2 Å². The molecule has 0 radical (unpaired) electrons. The van der Waals surface area contributed by atoms with E-state index in [2.05, 4.69) is 15.4 Å². The minimum atomic E-state index is -0.106. The average molecular weight is 448 g/mol. The van der Waals surface area contributed by atoms with E-state index in [0.29, 0.717) is 5.16 Å². The Kier molecular flexibility index (Phi) is 6.32. The summed E-state index contributed by atoms with van der Waals surface area (Å²) in [6, 6.07) is 17.8. The summed E-state index contributed by atoms with van der Waals surface area (Å²) in [6.07, 6.45) is 1.83. The van der Waals surface area contributed by atoms with Gasteiger partial charge < -0.3 is 10.1 Å². The third-order valence-corrected chi connectivity index (χ3v) is 6.18. The topological polar surface area (TPSA) is 74.0 Å². The van der Waals surface area contributed by atoms with Crippen molar-refractivity contribution in [2.24, 2.45) is 7.05 Å². The number of hydrogen-bond donors (Lipinski definition) is 1. The number of nitrogens with one attached hydrogen (secondary N) is 1. The summed E-state index contributed by atoms with van der Waals surface area (Å²) in [5, 5.41) is 8.05. The molecule has 2 aromatic carbocycles. The molecule has 4 rings (SSSR count). The molecule has 0 spiro atoms. The Hall–Kier alpha value is -3.52. The maximum absolute atomic E-state index is 12.7. The number of carbonyl (C=O) groups is 1. The van der Waals surface area contributed by atoms with Crippen LogP contribution in [0.3, 0.4) is 0 Å². The first-order valence-electron chi connectivity index (χ1n) is 10.2. The molecule has 0 unspecified atom stereocenters. The molecule has 4 aromatic rings. The van der Waals surface area contributed by atoms with Crippen LogP contribution in [0.4, 0.5) is 5.69 Å². The van der Waals surface area contributed by atoms with Gasteiger partial charge in [0.2, 0.25) is 5.91 Å². The van der Waals surface area contributed by atoms with Crippen LogP contribution in [0.5, 0.6) is 5.75 Å². The number of benzene rings is 2. The van der Waals surface area contributed by atoms with Crippen LogP contribution in [0.15, 0.2) is 66.0 Å². The highest BCUT2D eigenvalue weighted by atomic mass is 32.2.